The highest BCUT2D eigenvalue weighted by Gasteiger charge is 2.32. The first-order valence-electron chi connectivity index (χ1n) is 7.34. The molecule has 3 heteroatoms. The maximum absolute atomic E-state index is 12.0. The van der Waals surface area contributed by atoms with Crippen LogP contribution in [-0.2, 0) is 11.2 Å². The Balaban J connectivity index is 1.84. The van der Waals surface area contributed by atoms with E-state index in [9.17, 15) is 4.79 Å². The fourth-order valence-corrected chi connectivity index (χ4v) is 2.89. The molecule has 1 saturated carbocycles. The third-order valence-electron chi connectivity index (χ3n) is 4.27. The number of benzene rings is 1. The van der Waals surface area contributed by atoms with Gasteiger partial charge in [0.1, 0.15) is 0 Å². The van der Waals surface area contributed by atoms with Crippen LogP contribution in [0, 0.1) is 5.92 Å². The molecule has 1 aromatic carbocycles. The zero-order chi connectivity index (χ0) is 13.4. The molecule has 1 fully saturated rings. The van der Waals surface area contributed by atoms with Crippen LogP contribution in [0.5, 0.6) is 0 Å². The summed E-state index contributed by atoms with van der Waals surface area (Å²) in [5.74, 6) is 0.519. The lowest BCUT2D eigenvalue weighted by Crippen LogP contribution is -2.32. The van der Waals surface area contributed by atoms with Crippen LogP contribution in [-0.4, -0.2) is 5.91 Å². The first kappa shape index (κ1) is 12.7. The average molecular weight is 258 g/mol. The molecule has 3 nitrogen and oxygen atoms in total. The van der Waals surface area contributed by atoms with E-state index in [0.29, 0.717) is 0 Å². The quantitative estimate of drug-likeness (QED) is 0.875. The lowest BCUT2D eigenvalue weighted by atomic mass is 9.85. The molecule has 2 aliphatic rings. The van der Waals surface area contributed by atoms with Crippen molar-refractivity contribution in [1.82, 2.24) is 5.32 Å². The van der Waals surface area contributed by atoms with Gasteiger partial charge in [-0.25, -0.2) is 0 Å². The van der Waals surface area contributed by atoms with Crippen molar-refractivity contribution in [2.24, 2.45) is 11.7 Å². The fourth-order valence-electron chi connectivity index (χ4n) is 2.89. The maximum atomic E-state index is 12.0. The smallest absolute Gasteiger partial charge is 0.223 e. The molecule has 0 bridgehead atoms. The number of aryl methyl sites for hydroxylation is 1. The third kappa shape index (κ3) is 2.66. The van der Waals surface area contributed by atoms with Crippen LogP contribution in [0.1, 0.15) is 61.4 Å². The van der Waals surface area contributed by atoms with E-state index >= 15 is 0 Å². The number of amides is 1. The molecule has 0 radical (unpaired) electrons. The van der Waals surface area contributed by atoms with E-state index in [2.05, 4.69) is 23.5 Å². The summed E-state index contributed by atoms with van der Waals surface area (Å²) in [4.78, 5) is 12.0. The van der Waals surface area contributed by atoms with E-state index in [0.717, 1.165) is 37.7 Å². The molecule has 2 unspecified atom stereocenters. The third-order valence-corrected chi connectivity index (χ3v) is 4.27. The van der Waals surface area contributed by atoms with Crippen molar-refractivity contribution in [3.05, 3.63) is 34.9 Å². The van der Waals surface area contributed by atoms with Crippen LogP contribution >= 0.6 is 0 Å². The Morgan fingerprint density at radius 3 is 2.84 bits per heavy atom. The van der Waals surface area contributed by atoms with Crippen molar-refractivity contribution in [3.8, 4) is 0 Å². The van der Waals surface area contributed by atoms with Crippen molar-refractivity contribution < 1.29 is 4.79 Å². The summed E-state index contributed by atoms with van der Waals surface area (Å²) < 4.78 is 0. The van der Waals surface area contributed by atoms with Gasteiger partial charge in [0.05, 0.1) is 6.04 Å². The molecule has 3 rings (SSSR count). The second-order valence-corrected chi connectivity index (χ2v) is 5.97. The van der Waals surface area contributed by atoms with Crippen LogP contribution in [0.4, 0.5) is 0 Å². The van der Waals surface area contributed by atoms with Crippen molar-refractivity contribution >= 4 is 5.91 Å². The average Bonchev–Trinajstić information content (AvgIpc) is 3.22. The standard InChI is InChI=1S/C16H22N2O/c1-10(17)13-8-5-11-3-2-4-15(14(11)9-13)18-16(19)12-6-7-12/h5,8-10,12,15H,2-4,6-7,17H2,1H3,(H,18,19). The monoisotopic (exact) mass is 258 g/mol. The minimum Gasteiger partial charge on any atom is -0.349 e. The maximum Gasteiger partial charge on any atom is 0.223 e. The molecule has 102 valence electrons. The van der Waals surface area contributed by atoms with Gasteiger partial charge in [-0.3, -0.25) is 4.79 Å². The van der Waals surface area contributed by atoms with Gasteiger partial charge >= 0.3 is 0 Å². The molecule has 0 heterocycles. The second kappa shape index (κ2) is 4.97. The molecule has 0 saturated heterocycles. The highest BCUT2D eigenvalue weighted by atomic mass is 16.2. The van der Waals surface area contributed by atoms with Gasteiger partial charge in [0, 0.05) is 12.0 Å². The number of nitrogens with two attached hydrogens (primary N) is 1. The lowest BCUT2D eigenvalue weighted by molar-refractivity contribution is -0.123. The molecular weight excluding hydrogens is 236 g/mol. The number of hydrogen-bond donors (Lipinski definition) is 2. The number of hydrogen-bond acceptors (Lipinski definition) is 2. The molecule has 0 spiro atoms. The van der Waals surface area contributed by atoms with Gasteiger partial charge in [0.2, 0.25) is 5.91 Å². The fraction of sp³-hybridized carbons (Fsp3) is 0.562. The zero-order valence-corrected chi connectivity index (χ0v) is 11.5. The van der Waals surface area contributed by atoms with Crippen LogP contribution < -0.4 is 11.1 Å². The predicted octanol–water partition coefficient (Wildman–Crippen LogP) is 2.61. The molecule has 1 aromatic rings. The molecule has 19 heavy (non-hydrogen) atoms. The summed E-state index contributed by atoms with van der Waals surface area (Å²) in [7, 11) is 0. The molecule has 2 atom stereocenters. The molecule has 0 aliphatic heterocycles. The minimum absolute atomic E-state index is 0.0482. The number of carbonyl (C=O) groups excluding carboxylic acids is 1. The Bertz CT molecular complexity index is 492. The largest absolute Gasteiger partial charge is 0.349 e. The van der Waals surface area contributed by atoms with Crippen molar-refractivity contribution in [1.29, 1.82) is 0 Å². The Morgan fingerprint density at radius 2 is 2.16 bits per heavy atom. The summed E-state index contributed by atoms with van der Waals surface area (Å²) in [5, 5.41) is 3.22. The summed E-state index contributed by atoms with van der Waals surface area (Å²) in [6.07, 6.45) is 5.44. The minimum atomic E-state index is 0.0482. The molecular formula is C16H22N2O. The number of nitrogens with one attached hydrogen (secondary N) is 1. The van der Waals surface area contributed by atoms with Gasteiger partial charge < -0.3 is 11.1 Å². The Labute approximate surface area is 114 Å². The van der Waals surface area contributed by atoms with Crippen LogP contribution in [0.2, 0.25) is 0 Å². The Morgan fingerprint density at radius 1 is 1.37 bits per heavy atom. The van der Waals surface area contributed by atoms with Crippen molar-refractivity contribution in [2.45, 2.75) is 51.1 Å². The summed E-state index contributed by atoms with van der Waals surface area (Å²) in [6, 6.07) is 6.73. The van der Waals surface area contributed by atoms with Gasteiger partial charge in [0.15, 0.2) is 0 Å². The first-order chi connectivity index (χ1) is 9.15. The van der Waals surface area contributed by atoms with Crippen LogP contribution in [0.15, 0.2) is 18.2 Å². The van der Waals surface area contributed by atoms with Gasteiger partial charge in [-0.15, -0.1) is 0 Å². The summed E-state index contributed by atoms with van der Waals surface area (Å²) >= 11 is 0. The second-order valence-electron chi connectivity index (χ2n) is 5.97. The van der Waals surface area contributed by atoms with E-state index < -0.39 is 0 Å². The molecule has 0 aromatic heterocycles. The van der Waals surface area contributed by atoms with Gasteiger partial charge in [-0.05, 0) is 55.7 Å². The van der Waals surface area contributed by atoms with E-state index in [1.54, 1.807) is 0 Å². The Kier molecular flexibility index (Phi) is 3.31. The Hall–Kier alpha value is -1.35. The SMILES string of the molecule is CC(N)c1ccc2c(c1)C(NC(=O)C1CC1)CCC2. The topological polar surface area (TPSA) is 55.1 Å². The lowest BCUT2D eigenvalue weighted by Gasteiger charge is -2.27. The van der Waals surface area contributed by atoms with E-state index in [-0.39, 0.29) is 23.9 Å². The first-order valence-corrected chi connectivity index (χ1v) is 7.34. The zero-order valence-electron chi connectivity index (χ0n) is 11.5. The number of fused-ring (bicyclic) bond motifs is 1. The van der Waals surface area contributed by atoms with Crippen molar-refractivity contribution in [2.75, 3.05) is 0 Å². The van der Waals surface area contributed by atoms with E-state index in [1.807, 2.05) is 6.92 Å². The molecule has 1 amide bonds. The number of rotatable bonds is 3. The van der Waals surface area contributed by atoms with E-state index in [4.69, 9.17) is 5.73 Å². The van der Waals surface area contributed by atoms with Gasteiger partial charge in [-0.2, -0.15) is 0 Å². The normalized spacial score (nSPS) is 23.6. The number of carbonyl (C=O) groups is 1. The summed E-state index contributed by atoms with van der Waals surface area (Å²) in [5.41, 5.74) is 9.78. The molecule has 2 aliphatic carbocycles. The predicted molar refractivity (Wildman–Crippen MR) is 75.6 cm³/mol. The highest BCUT2D eigenvalue weighted by molar-refractivity contribution is 5.81. The molecule has 3 N–H and O–H groups in total. The van der Waals surface area contributed by atoms with Crippen LogP contribution in [0.3, 0.4) is 0 Å². The van der Waals surface area contributed by atoms with Crippen molar-refractivity contribution in [3.63, 3.8) is 0 Å². The van der Waals surface area contributed by atoms with Crippen LogP contribution in [0.25, 0.3) is 0 Å². The van der Waals surface area contributed by atoms with Gasteiger partial charge in [0.25, 0.3) is 0 Å². The highest BCUT2D eigenvalue weighted by Crippen LogP contribution is 2.34. The van der Waals surface area contributed by atoms with E-state index in [1.165, 1.54) is 11.1 Å². The summed E-state index contributed by atoms with van der Waals surface area (Å²) in [6.45, 7) is 2.00. The van der Waals surface area contributed by atoms with Gasteiger partial charge in [-0.1, -0.05) is 18.2 Å².